The number of carbonyl (C=O) groups is 2. The van der Waals surface area contributed by atoms with E-state index in [2.05, 4.69) is 10.3 Å². The summed E-state index contributed by atoms with van der Waals surface area (Å²) in [6.45, 7) is 2.70. The lowest BCUT2D eigenvalue weighted by Crippen LogP contribution is -2.68. The number of nitrogens with one attached hydrogen (secondary N) is 2. The maximum absolute atomic E-state index is 14.0. The van der Waals surface area contributed by atoms with E-state index >= 15 is 0 Å². The molecule has 9 heteroatoms. The number of aliphatic hydroxyl groups excluding tert-OH is 1. The molecule has 0 saturated carbocycles. The number of benzene rings is 2. The van der Waals surface area contributed by atoms with E-state index in [1.54, 1.807) is 36.0 Å². The number of halogens is 1. The van der Waals surface area contributed by atoms with E-state index in [1.165, 1.54) is 12.1 Å². The first-order chi connectivity index (χ1) is 16.4. The van der Waals surface area contributed by atoms with E-state index in [0.29, 0.717) is 31.8 Å². The zero-order valence-electron chi connectivity index (χ0n) is 19.1. The molecule has 5 rings (SSSR count). The second-order valence-electron chi connectivity index (χ2n) is 8.95. The molecule has 3 amide bonds. The Hall–Kier alpha value is -3.59. The summed E-state index contributed by atoms with van der Waals surface area (Å²) in [5, 5.41) is 13.8. The highest BCUT2D eigenvalue weighted by Gasteiger charge is 2.54. The third kappa shape index (κ3) is 3.38. The van der Waals surface area contributed by atoms with Gasteiger partial charge in [-0.2, -0.15) is 0 Å². The molecule has 3 aromatic rings. The molecule has 2 aliphatic heterocycles. The average Bonchev–Trinajstić information content (AvgIpc) is 3.21. The Morgan fingerprint density at radius 3 is 2.68 bits per heavy atom. The van der Waals surface area contributed by atoms with Crippen molar-refractivity contribution >= 4 is 28.5 Å². The van der Waals surface area contributed by atoms with Crippen molar-refractivity contribution in [3.05, 3.63) is 59.5 Å². The number of likely N-dealkylation sites (tertiary alicyclic amines) is 1. The summed E-state index contributed by atoms with van der Waals surface area (Å²) < 4.78 is 19.4. The number of ether oxygens (including phenoxy) is 1. The van der Waals surface area contributed by atoms with Crippen LogP contribution in [-0.2, 0) is 10.2 Å². The fourth-order valence-corrected chi connectivity index (χ4v) is 5.31. The molecule has 2 aliphatic rings. The third-order valence-corrected chi connectivity index (χ3v) is 6.93. The summed E-state index contributed by atoms with van der Waals surface area (Å²) in [5.74, 6) is 0.137. The molecule has 3 N–H and O–H groups in total. The molecular formula is C25H27FN4O4. The van der Waals surface area contributed by atoms with Gasteiger partial charge in [-0.3, -0.25) is 4.79 Å². The Morgan fingerprint density at radius 2 is 2.00 bits per heavy atom. The lowest BCUT2D eigenvalue weighted by atomic mass is 9.68. The highest BCUT2D eigenvalue weighted by atomic mass is 19.1. The van der Waals surface area contributed by atoms with E-state index in [-0.39, 0.29) is 18.2 Å². The first-order valence-electron chi connectivity index (χ1n) is 11.3. The molecule has 0 radical (unpaired) electrons. The second-order valence-corrected chi connectivity index (χ2v) is 8.95. The lowest BCUT2D eigenvalue weighted by molar-refractivity contribution is -0.138. The number of carbonyl (C=O) groups excluding carboxylic acids is 2. The largest absolute Gasteiger partial charge is 0.497 e. The van der Waals surface area contributed by atoms with Gasteiger partial charge in [-0.15, -0.1) is 0 Å². The van der Waals surface area contributed by atoms with Gasteiger partial charge in [-0.1, -0.05) is 19.1 Å². The molecule has 8 nitrogen and oxygen atoms in total. The number of aliphatic hydroxyl groups is 1. The molecule has 34 heavy (non-hydrogen) atoms. The molecule has 0 unspecified atom stereocenters. The predicted octanol–water partition coefficient (Wildman–Crippen LogP) is 3.39. The summed E-state index contributed by atoms with van der Waals surface area (Å²) in [6.07, 6.45) is 0.313. The molecule has 3 heterocycles. The number of fused-ring (bicyclic) bond motifs is 4. The van der Waals surface area contributed by atoms with Crippen LogP contribution in [0.2, 0.25) is 0 Å². The summed E-state index contributed by atoms with van der Waals surface area (Å²) in [6, 6.07) is 10.9. The van der Waals surface area contributed by atoms with Crippen molar-refractivity contribution in [2.24, 2.45) is 0 Å². The van der Waals surface area contributed by atoms with Gasteiger partial charge >= 0.3 is 6.03 Å². The van der Waals surface area contributed by atoms with Crippen LogP contribution >= 0.6 is 0 Å². The number of nitrogens with zero attached hydrogens (tertiary/aromatic N) is 2. The topological polar surface area (TPSA) is 97.9 Å². The maximum Gasteiger partial charge on any atom is 0.321 e. The fourth-order valence-electron chi connectivity index (χ4n) is 5.31. The minimum absolute atomic E-state index is 0.0606. The smallest absolute Gasteiger partial charge is 0.321 e. The molecule has 0 bridgehead atoms. The second kappa shape index (κ2) is 8.32. The molecule has 0 aliphatic carbocycles. The van der Waals surface area contributed by atoms with Crippen molar-refractivity contribution < 1.29 is 23.8 Å². The molecule has 2 aromatic carbocycles. The minimum atomic E-state index is -0.498. The van der Waals surface area contributed by atoms with Crippen LogP contribution in [0, 0.1) is 5.82 Å². The Morgan fingerprint density at radius 1 is 1.24 bits per heavy atom. The van der Waals surface area contributed by atoms with Crippen LogP contribution in [0.1, 0.15) is 30.6 Å². The van der Waals surface area contributed by atoms with E-state index in [1.807, 2.05) is 18.2 Å². The number of hydrogen-bond donors (Lipinski definition) is 3. The summed E-state index contributed by atoms with van der Waals surface area (Å²) in [5.41, 5.74) is 2.28. The monoisotopic (exact) mass is 466 g/mol. The van der Waals surface area contributed by atoms with Gasteiger partial charge in [0.25, 0.3) is 0 Å². The average molecular weight is 467 g/mol. The number of para-hydroxylation sites is 1. The first kappa shape index (κ1) is 22.2. The van der Waals surface area contributed by atoms with Crippen molar-refractivity contribution in [2.75, 3.05) is 38.7 Å². The van der Waals surface area contributed by atoms with Crippen molar-refractivity contribution in [1.29, 1.82) is 0 Å². The van der Waals surface area contributed by atoms with Crippen molar-refractivity contribution in [3.63, 3.8) is 0 Å². The Labute approximate surface area is 196 Å². The minimum Gasteiger partial charge on any atom is -0.497 e. The van der Waals surface area contributed by atoms with Crippen LogP contribution < -0.4 is 10.1 Å². The van der Waals surface area contributed by atoms with Crippen molar-refractivity contribution in [1.82, 2.24) is 14.8 Å². The summed E-state index contributed by atoms with van der Waals surface area (Å²) in [4.78, 5) is 32.4. The molecule has 1 aromatic heterocycles. The SMILES string of the molecule is CCC(=O)N1CC2(CN(C(=O)Nc3ccccc3F)C2)c2c([nH]c3cc(OC)ccc23)[C@H]1CO. The predicted molar refractivity (Wildman–Crippen MR) is 125 cm³/mol. The lowest BCUT2D eigenvalue weighted by Gasteiger charge is -2.55. The fraction of sp³-hybridized carbons (Fsp3) is 0.360. The van der Waals surface area contributed by atoms with Gasteiger partial charge < -0.3 is 29.9 Å². The van der Waals surface area contributed by atoms with Gasteiger partial charge in [0.2, 0.25) is 5.91 Å². The van der Waals surface area contributed by atoms with E-state index in [4.69, 9.17) is 4.74 Å². The van der Waals surface area contributed by atoms with Gasteiger partial charge in [0.15, 0.2) is 0 Å². The maximum atomic E-state index is 14.0. The number of urea groups is 1. The quantitative estimate of drug-likeness (QED) is 0.549. The normalized spacial score (nSPS) is 18.5. The number of amides is 3. The van der Waals surface area contributed by atoms with Crippen molar-refractivity contribution in [2.45, 2.75) is 24.8 Å². The number of anilines is 1. The zero-order chi connectivity index (χ0) is 24.0. The number of aromatic nitrogens is 1. The van der Waals surface area contributed by atoms with Gasteiger partial charge in [-0.05, 0) is 29.8 Å². The third-order valence-electron chi connectivity index (χ3n) is 6.93. The van der Waals surface area contributed by atoms with Gasteiger partial charge in [0.1, 0.15) is 11.6 Å². The van der Waals surface area contributed by atoms with E-state index < -0.39 is 23.3 Å². The van der Waals surface area contributed by atoms with Crippen LogP contribution in [0.5, 0.6) is 5.75 Å². The van der Waals surface area contributed by atoms with E-state index in [9.17, 15) is 19.1 Å². The molecule has 1 fully saturated rings. The number of methoxy groups -OCH3 is 1. The van der Waals surface area contributed by atoms with Crippen LogP contribution in [0.25, 0.3) is 10.9 Å². The number of rotatable bonds is 4. The van der Waals surface area contributed by atoms with Crippen molar-refractivity contribution in [3.8, 4) is 5.75 Å². The number of aromatic amines is 1. The highest BCUT2D eigenvalue weighted by molar-refractivity contribution is 5.92. The molecule has 1 saturated heterocycles. The molecule has 1 atom stereocenters. The van der Waals surface area contributed by atoms with E-state index in [0.717, 1.165) is 22.2 Å². The molecule has 178 valence electrons. The van der Waals surface area contributed by atoms with Crippen LogP contribution in [-0.4, -0.2) is 65.2 Å². The molecule has 1 spiro atoms. The highest BCUT2D eigenvalue weighted by Crippen LogP contribution is 2.48. The number of hydrogen-bond acceptors (Lipinski definition) is 4. The molecular weight excluding hydrogens is 439 g/mol. The van der Waals surface area contributed by atoms with Crippen LogP contribution in [0.15, 0.2) is 42.5 Å². The number of H-pyrrole nitrogens is 1. The zero-order valence-corrected chi connectivity index (χ0v) is 19.1. The van der Waals surface area contributed by atoms with Gasteiger partial charge in [0, 0.05) is 48.7 Å². The summed E-state index contributed by atoms with van der Waals surface area (Å²) >= 11 is 0. The Bertz CT molecular complexity index is 1270. The Kier molecular flexibility index (Phi) is 5.44. The van der Waals surface area contributed by atoms with Crippen LogP contribution in [0.3, 0.4) is 0 Å². The van der Waals surface area contributed by atoms with Crippen LogP contribution in [0.4, 0.5) is 14.9 Å². The van der Waals surface area contributed by atoms with Gasteiger partial charge in [-0.25, -0.2) is 9.18 Å². The summed E-state index contributed by atoms with van der Waals surface area (Å²) in [7, 11) is 1.60. The van der Waals surface area contributed by atoms with Gasteiger partial charge in [0.05, 0.1) is 30.9 Å². The Balaban J connectivity index is 1.52. The standard InChI is InChI=1S/C25H27FN4O4/c1-3-21(32)30-14-25(12-29(13-25)24(33)28-18-7-5-4-6-17(18)26)22-16-9-8-15(34-2)10-19(16)27-23(22)20(30)11-31/h4-10,20,27,31H,3,11-14H2,1-2H3,(H,28,33)/t20-/m1/s1. The first-order valence-corrected chi connectivity index (χ1v) is 11.3.